The average Bonchev–Trinajstić information content (AvgIpc) is 3.15. The largest absolute Gasteiger partial charge is 0.471 e. The molecule has 0 aliphatic heterocycles. The zero-order valence-corrected chi connectivity index (χ0v) is 9.84. The van der Waals surface area contributed by atoms with Gasteiger partial charge in [0.25, 0.3) is 0 Å². The molecule has 0 saturated heterocycles. The summed E-state index contributed by atoms with van der Waals surface area (Å²) in [5, 5.41) is 8.88. The molecule has 0 N–H and O–H groups in total. The van der Waals surface area contributed by atoms with Gasteiger partial charge < -0.3 is 13.3 Å². The van der Waals surface area contributed by atoms with Crippen molar-refractivity contribution < 1.29 is 13.3 Å². The van der Waals surface area contributed by atoms with Crippen molar-refractivity contribution in [3.05, 3.63) is 49.7 Å². The van der Waals surface area contributed by atoms with Crippen LogP contribution in [0, 0.1) is 0 Å². The third-order valence-corrected chi connectivity index (χ3v) is 3.81. The Bertz CT molecular complexity index is 975. The molecule has 0 bridgehead atoms. The third kappa shape index (κ3) is 1.03. The highest BCUT2D eigenvalue weighted by molar-refractivity contribution is 6.26. The summed E-state index contributed by atoms with van der Waals surface area (Å²) in [6, 6.07) is 4.27. The van der Waals surface area contributed by atoms with Crippen molar-refractivity contribution in [1.29, 1.82) is 0 Å². The van der Waals surface area contributed by atoms with Crippen LogP contribution < -0.4 is 0 Å². The van der Waals surface area contributed by atoms with E-state index >= 15 is 0 Å². The smallest absolute Gasteiger partial charge is 0.0988 e. The normalized spacial score (nSPS) is 12.2. The fourth-order valence-corrected chi connectivity index (χ4v) is 2.89. The summed E-state index contributed by atoms with van der Waals surface area (Å²) in [4.78, 5) is 0. The lowest BCUT2D eigenvalue weighted by molar-refractivity contribution is 0.570. The monoisotopic (exact) mass is 248 g/mol. The topological polar surface area (TPSA) is 39.4 Å². The number of rotatable bonds is 0. The van der Waals surface area contributed by atoms with Gasteiger partial charge in [0.1, 0.15) is 0 Å². The number of hydrogen-bond acceptors (Lipinski definition) is 3. The van der Waals surface area contributed by atoms with Gasteiger partial charge in [-0.3, -0.25) is 0 Å². The quantitative estimate of drug-likeness (QED) is 0.383. The van der Waals surface area contributed by atoms with Crippen molar-refractivity contribution in [2.45, 2.75) is 0 Å². The number of furan rings is 3. The first-order chi connectivity index (χ1) is 9.42. The molecule has 0 unspecified atom stereocenters. The Morgan fingerprint density at radius 3 is 1.26 bits per heavy atom. The molecule has 0 aliphatic carbocycles. The predicted molar refractivity (Wildman–Crippen MR) is 73.3 cm³/mol. The van der Waals surface area contributed by atoms with Crippen molar-refractivity contribution in [3.63, 3.8) is 0 Å². The molecule has 0 saturated carbocycles. The van der Waals surface area contributed by atoms with Gasteiger partial charge in [0, 0.05) is 32.3 Å². The van der Waals surface area contributed by atoms with E-state index in [9.17, 15) is 0 Å². The summed E-state index contributed by atoms with van der Waals surface area (Å²) in [6.07, 6.45) is 10.6. The van der Waals surface area contributed by atoms with Crippen LogP contribution in [0.1, 0.15) is 0 Å². The predicted octanol–water partition coefficient (Wildman–Crippen LogP) is 5.08. The van der Waals surface area contributed by atoms with Gasteiger partial charge >= 0.3 is 0 Å². The molecule has 3 heteroatoms. The Balaban J connectivity index is 2.23. The van der Waals surface area contributed by atoms with Crippen LogP contribution in [0.2, 0.25) is 0 Å². The lowest BCUT2D eigenvalue weighted by Gasteiger charge is -2.02. The van der Waals surface area contributed by atoms with E-state index in [1.807, 2.05) is 0 Å². The van der Waals surface area contributed by atoms with Crippen LogP contribution >= 0.6 is 0 Å². The zero-order chi connectivity index (χ0) is 12.4. The molecule has 3 nitrogen and oxygen atoms in total. The van der Waals surface area contributed by atoms with Gasteiger partial charge in [-0.1, -0.05) is 0 Å². The lowest BCUT2D eigenvalue weighted by atomic mass is 9.98. The molecule has 5 rings (SSSR count). The molecule has 2 aromatic carbocycles. The highest BCUT2D eigenvalue weighted by Gasteiger charge is 2.12. The van der Waals surface area contributed by atoms with Crippen LogP contribution in [0.15, 0.2) is 63.0 Å². The molecule has 19 heavy (non-hydrogen) atoms. The number of fused-ring (bicyclic) bond motifs is 7. The molecule has 0 aliphatic rings. The first-order valence-corrected chi connectivity index (χ1v) is 6.05. The molecule has 0 amide bonds. The van der Waals surface area contributed by atoms with Crippen LogP contribution in [-0.4, -0.2) is 0 Å². The summed E-state index contributed by atoms with van der Waals surface area (Å²) in [5.74, 6) is 0. The van der Waals surface area contributed by atoms with Crippen molar-refractivity contribution in [3.8, 4) is 0 Å². The first kappa shape index (κ1) is 9.28. The van der Waals surface area contributed by atoms with E-state index in [1.165, 1.54) is 0 Å². The van der Waals surface area contributed by atoms with Crippen molar-refractivity contribution in [2.24, 2.45) is 0 Å². The Morgan fingerprint density at radius 1 is 0.421 bits per heavy atom. The van der Waals surface area contributed by atoms with Gasteiger partial charge in [0.15, 0.2) is 0 Å². The van der Waals surface area contributed by atoms with Gasteiger partial charge in [-0.2, -0.15) is 0 Å². The van der Waals surface area contributed by atoms with Crippen molar-refractivity contribution in [1.82, 2.24) is 0 Å². The maximum Gasteiger partial charge on any atom is 0.0988 e. The van der Waals surface area contributed by atoms with Crippen LogP contribution in [0.5, 0.6) is 0 Å². The molecule has 90 valence electrons. The van der Waals surface area contributed by atoms with Crippen LogP contribution in [0.3, 0.4) is 0 Å². The molecular formula is C16H8O3. The van der Waals surface area contributed by atoms with Gasteiger partial charge in [-0.25, -0.2) is 0 Å². The minimum atomic E-state index is 1.08. The minimum Gasteiger partial charge on any atom is -0.471 e. The van der Waals surface area contributed by atoms with E-state index in [1.54, 1.807) is 37.6 Å². The first-order valence-electron chi connectivity index (χ1n) is 6.05. The highest BCUT2D eigenvalue weighted by atomic mass is 16.3. The maximum absolute atomic E-state index is 5.38. The van der Waals surface area contributed by atoms with E-state index in [2.05, 4.69) is 12.1 Å². The second-order valence-corrected chi connectivity index (χ2v) is 4.80. The van der Waals surface area contributed by atoms with Crippen LogP contribution in [-0.2, 0) is 0 Å². The standard InChI is InChI=1S/C16H8O3/c1-9-3-17-4-10(9)2-12-11(1)13-5-18-7-15(13)16-8-19-6-14(12)16/h1-8H. The number of hydrogen-bond donors (Lipinski definition) is 0. The summed E-state index contributed by atoms with van der Waals surface area (Å²) in [6.45, 7) is 0. The van der Waals surface area contributed by atoms with Gasteiger partial charge in [0.2, 0.25) is 0 Å². The molecule has 0 fully saturated rings. The average molecular weight is 248 g/mol. The molecule has 3 aromatic heterocycles. The van der Waals surface area contributed by atoms with E-state index < -0.39 is 0 Å². The third-order valence-electron chi connectivity index (χ3n) is 3.81. The molecule has 0 spiro atoms. The number of benzene rings is 2. The Kier molecular flexibility index (Phi) is 1.47. The second-order valence-electron chi connectivity index (χ2n) is 4.80. The summed E-state index contributed by atoms with van der Waals surface area (Å²) >= 11 is 0. The summed E-state index contributed by atoms with van der Waals surface area (Å²) < 4.78 is 16.0. The molecule has 0 atom stereocenters. The van der Waals surface area contributed by atoms with E-state index in [0.29, 0.717) is 0 Å². The molecular weight excluding hydrogens is 240 g/mol. The fourth-order valence-electron chi connectivity index (χ4n) is 2.89. The zero-order valence-electron chi connectivity index (χ0n) is 9.84. The molecule has 3 heterocycles. The van der Waals surface area contributed by atoms with Gasteiger partial charge in [-0.05, 0) is 22.9 Å². The fraction of sp³-hybridized carbons (Fsp3) is 0. The highest BCUT2D eigenvalue weighted by Crippen LogP contribution is 2.38. The van der Waals surface area contributed by atoms with Gasteiger partial charge in [-0.15, -0.1) is 0 Å². The lowest BCUT2D eigenvalue weighted by Crippen LogP contribution is -1.77. The van der Waals surface area contributed by atoms with E-state index in [-0.39, 0.29) is 0 Å². The van der Waals surface area contributed by atoms with Crippen LogP contribution in [0.25, 0.3) is 43.1 Å². The Hall–Kier alpha value is -2.68. The Labute approximate surface area is 107 Å². The van der Waals surface area contributed by atoms with Crippen molar-refractivity contribution in [2.75, 3.05) is 0 Å². The SMILES string of the molecule is c1occ2cc3c4cocc4c4cocc4c3cc12. The molecule has 0 radical (unpaired) electrons. The maximum atomic E-state index is 5.38. The van der Waals surface area contributed by atoms with Crippen molar-refractivity contribution >= 4 is 43.1 Å². The molecule has 5 aromatic rings. The van der Waals surface area contributed by atoms with E-state index in [0.717, 1.165) is 43.1 Å². The van der Waals surface area contributed by atoms with E-state index in [4.69, 9.17) is 13.3 Å². The Morgan fingerprint density at radius 2 is 0.789 bits per heavy atom. The minimum absolute atomic E-state index is 1.08. The van der Waals surface area contributed by atoms with Gasteiger partial charge in [0.05, 0.1) is 37.6 Å². The second kappa shape index (κ2) is 3.01. The summed E-state index contributed by atoms with van der Waals surface area (Å²) in [5.41, 5.74) is 0. The summed E-state index contributed by atoms with van der Waals surface area (Å²) in [7, 11) is 0. The van der Waals surface area contributed by atoms with Crippen LogP contribution in [0.4, 0.5) is 0 Å².